The second-order valence-corrected chi connectivity index (χ2v) is 7.34. The van der Waals surface area contributed by atoms with Crippen molar-refractivity contribution in [2.45, 2.75) is 32.9 Å². The zero-order valence-electron chi connectivity index (χ0n) is 17.4. The summed E-state index contributed by atoms with van der Waals surface area (Å²) in [6.45, 7) is 4.51. The molecule has 0 radical (unpaired) electrons. The van der Waals surface area contributed by atoms with Crippen LogP contribution in [0.4, 0.5) is 4.39 Å². The average Bonchev–Trinajstić information content (AvgIpc) is 3.33. The lowest BCUT2D eigenvalue weighted by Gasteiger charge is -2.17. The van der Waals surface area contributed by atoms with Crippen LogP contribution in [-0.2, 0) is 22.5 Å². The highest BCUT2D eigenvalue weighted by atomic mass is 19.1. The van der Waals surface area contributed by atoms with Gasteiger partial charge >= 0.3 is 5.97 Å². The van der Waals surface area contributed by atoms with Crippen LogP contribution in [0.3, 0.4) is 0 Å². The molecule has 0 unspecified atom stereocenters. The highest BCUT2D eigenvalue weighted by Gasteiger charge is 2.25. The molecule has 0 saturated carbocycles. The second kappa shape index (κ2) is 8.63. The summed E-state index contributed by atoms with van der Waals surface area (Å²) in [6, 6.07) is 15.0. The van der Waals surface area contributed by atoms with Crippen LogP contribution in [0.1, 0.15) is 30.0 Å². The lowest BCUT2D eigenvalue weighted by atomic mass is 10.1. The number of aromatic nitrogens is 2. The van der Waals surface area contributed by atoms with Gasteiger partial charge in [-0.3, -0.25) is 4.79 Å². The molecule has 2 N–H and O–H groups in total. The average molecular weight is 421 g/mol. The Balaban J connectivity index is 1.62. The number of aryl methyl sites for hydroxylation is 1. The van der Waals surface area contributed by atoms with Gasteiger partial charge in [0.2, 0.25) is 0 Å². The summed E-state index contributed by atoms with van der Waals surface area (Å²) >= 11 is 0. The third-order valence-electron chi connectivity index (χ3n) is 5.30. The highest BCUT2D eigenvalue weighted by Crippen LogP contribution is 2.21. The number of nitrogens with zero attached hydrogens (tertiary/aromatic N) is 1. The molecule has 1 atom stereocenters. The van der Waals surface area contributed by atoms with E-state index in [0.717, 1.165) is 16.3 Å². The van der Waals surface area contributed by atoms with Crippen molar-refractivity contribution < 1.29 is 18.7 Å². The molecule has 2 aromatic carbocycles. The van der Waals surface area contributed by atoms with Crippen molar-refractivity contribution in [1.82, 2.24) is 14.9 Å². The molecule has 0 fully saturated rings. The van der Waals surface area contributed by atoms with Gasteiger partial charge in [-0.2, -0.15) is 0 Å². The molecule has 0 spiro atoms. The van der Waals surface area contributed by atoms with Crippen LogP contribution in [0.15, 0.2) is 54.6 Å². The largest absolute Gasteiger partial charge is 0.464 e. The molecule has 2 aromatic heterocycles. The number of hydrogen-bond donors (Lipinski definition) is 2. The first kappa shape index (κ1) is 20.7. The first-order valence-corrected chi connectivity index (χ1v) is 10.3. The SMILES string of the molecule is CCOC(=O)[C@@H](Cc1cc2ccc(F)cc2[nH]1)NC(=O)c1cc2ccccc2n1CC. The van der Waals surface area contributed by atoms with Gasteiger partial charge < -0.3 is 19.6 Å². The molecular weight excluding hydrogens is 397 g/mol. The monoisotopic (exact) mass is 421 g/mol. The molecule has 6 nitrogen and oxygen atoms in total. The molecule has 4 aromatic rings. The summed E-state index contributed by atoms with van der Waals surface area (Å²) in [4.78, 5) is 28.8. The molecular formula is C24H24FN3O3. The fourth-order valence-corrected chi connectivity index (χ4v) is 3.90. The van der Waals surface area contributed by atoms with Crippen molar-refractivity contribution in [2.75, 3.05) is 6.61 Å². The molecule has 0 saturated heterocycles. The Morgan fingerprint density at radius 3 is 2.68 bits per heavy atom. The Bertz CT molecular complexity index is 1260. The summed E-state index contributed by atoms with van der Waals surface area (Å²) in [5.41, 5.74) is 2.78. The minimum atomic E-state index is -0.881. The van der Waals surface area contributed by atoms with E-state index in [1.807, 2.05) is 47.9 Å². The van der Waals surface area contributed by atoms with E-state index < -0.39 is 12.0 Å². The van der Waals surface area contributed by atoms with Gasteiger partial charge in [-0.1, -0.05) is 18.2 Å². The fraction of sp³-hybridized carbons (Fsp3) is 0.250. The number of halogens is 1. The maximum atomic E-state index is 13.5. The Kier molecular flexibility index (Phi) is 5.75. The predicted octanol–water partition coefficient (Wildman–Crippen LogP) is 4.19. The van der Waals surface area contributed by atoms with Crippen LogP contribution in [0.5, 0.6) is 0 Å². The Morgan fingerprint density at radius 2 is 1.90 bits per heavy atom. The number of nitrogens with one attached hydrogen (secondary N) is 2. The number of H-pyrrole nitrogens is 1. The number of para-hydroxylation sites is 1. The summed E-state index contributed by atoms with van der Waals surface area (Å²) in [7, 11) is 0. The lowest BCUT2D eigenvalue weighted by Crippen LogP contribution is -2.44. The van der Waals surface area contributed by atoms with E-state index in [0.29, 0.717) is 23.4 Å². The van der Waals surface area contributed by atoms with Crippen molar-refractivity contribution in [2.24, 2.45) is 0 Å². The third-order valence-corrected chi connectivity index (χ3v) is 5.30. The number of hydrogen-bond acceptors (Lipinski definition) is 3. The fourth-order valence-electron chi connectivity index (χ4n) is 3.90. The third kappa shape index (κ3) is 4.17. The van der Waals surface area contributed by atoms with Crippen molar-refractivity contribution in [3.63, 3.8) is 0 Å². The minimum absolute atomic E-state index is 0.202. The number of esters is 1. The van der Waals surface area contributed by atoms with Crippen LogP contribution < -0.4 is 5.32 Å². The highest BCUT2D eigenvalue weighted by molar-refractivity contribution is 6.00. The second-order valence-electron chi connectivity index (χ2n) is 7.34. The van der Waals surface area contributed by atoms with Gasteiger partial charge in [-0.05, 0) is 55.6 Å². The van der Waals surface area contributed by atoms with Gasteiger partial charge in [0.1, 0.15) is 17.6 Å². The number of amides is 1. The van der Waals surface area contributed by atoms with Crippen LogP contribution in [0.25, 0.3) is 21.8 Å². The summed E-state index contributed by atoms with van der Waals surface area (Å²) in [6.07, 6.45) is 0.202. The molecule has 2 heterocycles. The zero-order chi connectivity index (χ0) is 22.0. The van der Waals surface area contributed by atoms with Gasteiger partial charge in [-0.15, -0.1) is 0 Å². The van der Waals surface area contributed by atoms with E-state index in [1.165, 1.54) is 12.1 Å². The van der Waals surface area contributed by atoms with Gasteiger partial charge in [-0.25, -0.2) is 9.18 Å². The topological polar surface area (TPSA) is 76.1 Å². The summed E-state index contributed by atoms with van der Waals surface area (Å²) in [5.74, 6) is -1.21. The maximum absolute atomic E-state index is 13.5. The van der Waals surface area contributed by atoms with E-state index in [2.05, 4.69) is 10.3 Å². The molecule has 0 bridgehead atoms. The van der Waals surface area contributed by atoms with Crippen molar-refractivity contribution in [3.8, 4) is 0 Å². The van der Waals surface area contributed by atoms with Crippen LogP contribution in [-0.4, -0.2) is 34.1 Å². The summed E-state index contributed by atoms with van der Waals surface area (Å²) in [5, 5.41) is 4.62. The van der Waals surface area contributed by atoms with E-state index in [4.69, 9.17) is 4.74 Å². The maximum Gasteiger partial charge on any atom is 0.329 e. The van der Waals surface area contributed by atoms with Gasteiger partial charge in [0.15, 0.2) is 0 Å². The minimum Gasteiger partial charge on any atom is -0.464 e. The molecule has 31 heavy (non-hydrogen) atoms. The molecule has 160 valence electrons. The van der Waals surface area contributed by atoms with Crippen molar-refractivity contribution in [3.05, 3.63) is 71.8 Å². The molecule has 0 aliphatic heterocycles. The Labute approximate surface area is 179 Å². The smallest absolute Gasteiger partial charge is 0.329 e. The predicted molar refractivity (Wildman–Crippen MR) is 117 cm³/mol. The van der Waals surface area contributed by atoms with Crippen LogP contribution in [0, 0.1) is 5.82 Å². The number of rotatable bonds is 7. The van der Waals surface area contributed by atoms with E-state index in [-0.39, 0.29) is 24.8 Å². The van der Waals surface area contributed by atoms with Gasteiger partial charge in [0.25, 0.3) is 5.91 Å². The molecule has 4 rings (SSSR count). The number of ether oxygens (including phenoxy) is 1. The summed E-state index contributed by atoms with van der Waals surface area (Å²) < 4.78 is 20.6. The number of benzene rings is 2. The number of carbonyl (C=O) groups is 2. The molecule has 7 heteroatoms. The number of fused-ring (bicyclic) bond motifs is 2. The zero-order valence-corrected chi connectivity index (χ0v) is 17.4. The molecule has 0 aliphatic carbocycles. The normalized spacial score (nSPS) is 12.2. The number of carbonyl (C=O) groups excluding carboxylic acids is 2. The molecule has 0 aliphatic rings. The molecule has 1 amide bonds. The van der Waals surface area contributed by atoms with Crippen LogP contribution >= 0.6 is 0 Å². The van der Waals surface area contributed by atoms with Crippen molar-refractivity contribution >= 4 is 33.7 Å². The van der Waals surface area contributed by atoms with Crippen molar-refractivity contribution in [1.29, 1.82) is 0 Å². The Morgan fingerprint density at radius 1 is 1.10 bits per heavy atom. The Hall–Kier alpha value is -3.61. The quantitative estimate of drug-likeness (QED) is 0.440. The van der Waals surface area contributed by atoms with Crippen LogP contribution in [0.2, 0.25) is 0 Å². The van der Waals surface area contributed by atoms with E-state index in [1.54, 1.807) is 13.0 Å². The van der Waals surface area contributed by atoms with E-state index >= 15 is 0 Å². The van der Waals surface area contributed by atoms with Gasteiger partial charge in [0, 0.05) is 35.1 Å². The standard InChI is InChI=1S/C24H24FN3O3/c1-3-28-21-8-6-5-7-16(21)12-22(28)23(29)27-20(24(30)31-4-2)14-18-11-15-9-10-17(25)13-19(15)26-18/h5-13,20,26H,3-4,14H2,1-2H3,(H,27,29)/t20-/m1/s1. The lowest BCUT2D eigenvalue weighted by molar-refractivity contribution is -0.145. The van der Waals surface area contributed by atoms with E-state index in [9.17, 15) is 14.0 Å². The number of aromatic amines is 1. The van der Waals surface area contributed by atoms with Gasteiger partial charge in [0.05, 0.1) is 6.61 Å². The first-order valence-electron chi connectivity index (χ1n) is 10.3. The first-order chi connectivity index (χ1) is 15.0.